The molecule has 0 saturated carbocycles. The van der Waals surface area contributed by atoms with E-state index in [2.05, 4.69) is 55.1 Å². The van der Waals surface area contributed by atoms with Crippen molar-refractivity contribution < 1.29 is 4.74 Å². The minimum atomic E-state index is 0.903. The van der Waals surface area contributed by atoms with Crippen LogP contribution in [0.3, 0.4) is 0 Å². The van der Waals surface area contributed by atoms with Crippen molar-refractivity contribution in [3.63, 3.8) is 0 Å². The summed E-state index contributed by atoms with van der Waals surface area (Å²) in [5.41, 5.74) is 3.90. The summed E-state index contributed by atoms with van der Waals surface area (Å²) in [7, 11) is 1.70. The number of nitrogens with zero attached hydrogens (tertiary/aromatic N) is 1. The van der Waals surface area contributed by atoms with E-state index in [1.165, 1.54) is 16.8 Å². The molecule has 0 heterocycles. The van der Waals surface area contributed by atoms with E-state index >= 15 is 0 Å². The van der Waals surface area contributed by atoms with Crippen molar-refractivity contribution in [3.8, 4) is 5.75 Å². The minimum absolute atomic E-state index is 0.903. The Hall–Kier alpha value is -1.96. The quantitative estimate of drug-likeness (QED) is 0.769. The van der Waals surface area contributed by atoms with Crippen LogP contribution >= 0.6 is 0 Å². The molecule has 0 aliphatic carbocycles. The van der Waals surface area contributed by atoms with Crippen LogP contribution in [0.15, 0.2) is 48.5 Å². The molecule has 0 aliphatic rings. The first-order valence-electron chi connectivity index (χ1n) is 7.17. The second kappa shape index (κ2) is 6.99. The number of hydrogen-bond acceptors (Lipinski definition) is 2. The molecule has 2 rings (SSSR count). The van der Waals surface area contributed by atoms with E-state index in [4.69, 9.17) is 4.74 Å². The molecule has 0 unspecified atom stereocenters. The Morgan fingerprint density at radius 1 is 0.950 bits per heavy atom. The normalized spacial score (nSPS) is 10.3. The maximum atomic E-state index is 5.22. The van der Waals surface area contributed by atoms with Crippen molar-refractivity contribution in [2.75, 3.05) is 18.6 Å². The molecule has 0 spiro atoms. The summed E-state index contributed by atoms with van der Waals surface area (Å²) in [6, 6.07) is 17.1. The molecule has 2 heteroatoms. The molecule has 2 aromatic carbocycles. The average Bonchev–Trinajstić information content (AvgIpc) is 2.49. The summed E-state index contributed by atoms with van der Waals surface area (Å²) in [5.74, 6) is 0.903. The Balaban J connectivity index is 2.14. The predicted octanol–water partition coefficient (Wildman–Crippen LogP) is 4.42. The number of methoxy groups -OCH3 is 1. The fourth-order valence-corrected chi connectivity index (χ4v) is 2.28. The molecule has 0 amide bonds. The largest absolute Gasteiger partial charge is 0.497 e. The summed E-state index contributed by atoms with van der Waals surface area (Å²) < 4.78 is 5.22. The highest BCUT2D eigenvalue weighted by atomic mass is 16.5. The standard InChI is InChI=1S/C18H23NO/c1-4-13-19(14-16-7-5-15(2)6-8-16)17-9-11-18(20-3)12-10-17/h5-12H,4,13-14H2,1-3H3. The van der Waals surface area contributed by atoms with E-state index in [1.807, 2.05) is 12.1 Å². The van der Waals surface area contributed by atoms with Crippen LogP contribution in [-0.4, -0.2) is 13.7 Å². The van der Waals surface area contributed by atoms with Crippen molar-refractivity contribution in [2.24, 2.45) is 0 Å². The van der Waals surface area contributed by atoms with Crippen LogP contribution in [0.5, 0.6) is 5.75 Å². The van der Waals surface area contributed by atoms with Crippen LogP contribution in [0.1, 0.15) is 24.5 Å². The summed E-state index contributed by atoms with van der Waals surface area (Å²) in [6.45, 7) is 6.34. The second-order valence-electron chi connectivity index (χ2n) is 5.11. The highest BCUT2D eigenvalue weighted by Gasteiger charge is 2.06. The van der Waals surface area contributed by atoms with Gasteiger partial charge in [-0.25, -0.2) is 0 Å². The predicted molar refractivity (Wildman–Crippen MR) is 85.5 cm³/mol. The molecule has 0 radical (unpaired) electrons. The molecule has 0 aromatic heterocycles. The smallest absolute Gasteiger partial charge is 0.119 e. The van der Waals surface area contributed by atoms with Gasteiger partial charge in [-0.05, 0) is 43.2 Å². The third-order valence-electron chi connectivity index (χ3n) is 3.43. The summed E-state index contributed by atoms with van der Waals surface area (Å²) in [4.78, 5) is 2.41. The number of hydrogen-bond donors (Lipinski definition) is 0. The van der Waals surface area contributed by atoms with E-state index in [0.29, 0.717) is 0 Å². The first kappa shape index (κ1) is 14.4. The van der Waals surface area contributed by atoms with Crippen LogP contribution in [-0.2, 0) is 6.54 Å². The Kier molecular flexibility index (Phi) is 5.05. The van der Waals surface area contributed by atoms with Crippen molar-refractivity contribution in [3.05, 3.63) is 59.7 Å². The zero-order chi connectivity index (χ0) is 14.4. The van der Waals surface area contributed by atoms with E-state index in [-0.39, 0.29) is 0 Å². The number of benzene rings is 2. The molecule has 0 atom stereocenters. The Morgan fingerprint density at radius 2 is 1.60 bits per heavy atom. The third kappa shape index (κ3) is 3.77. The van der Waals surface area contributed by atoms with Gasteiger partial charge in [-0.1, -0.05) is 36.8 Å². The highest BCUT2D eigenvalue weighted by Crippen LogP contribution is 2.21. The molecular formula is C18H23NO. The molecule has 0 fully saturated rings. The lowest BCUT2D eigenvalue weighted by Crippen LogP contribution is -2.23. The fraction of sp³-hybridized carbons (Fsp3) is 0.333. The Labute approximate surface area is 122 Å². The van der Waals surface area contributed by atoms with Crippen molar-refractivity contribution in [1.82, 2.24) is 0 Å². The van der Waals surface area contributed by atoms with E-state index < -0.39 is 0 Å². The van der Waals surface area contributed by atoms with Gasteiger partial charge in [0.15, 0.2) is 0 Å². The summed E-state index contributed by atoms with van der Waals surface area (Å²) in [6.07, 6.45) is 1.14. The molecule has 0 bridgehead atoms. The lowest BCUT2D eigenvalue weighted by molar-refractivity contribution is 0.415. The molecule has 20 heavy (non-hydrogen) atoms. The maximum Gasteiger partial charge on any atom is 0.119 e. The molecule has 0 N–H and O–H groups in total. The lowest BCUT2D eigenvalue weighted by Gasteiger charge is -2.24. The first-order chi connectivity index (χ1) is 9.72. The van der Waals surface area contributed by atoms with Crippen LogP contribution < -0.4 is 9.64 Å². The SMILES string of the molecule is CCCN(Cc1ccc(C)cc1)c1ccc(OC)cc1. The fourth-order valence-electron chi connectivity index (χ4n) is 2.28. The van der Waals surface area contributed by atoms with Crippen LogP contribution in [0, 0.1) is 6.92 Å². The molecule has 2 aromatic rings. The highest BCUT2D eigenvalue weighted by molar-refractivity contribution is 5.49. The van der Waals surface area contributed by atoms with Crippen LogP contribution in [0.2, 0.25) is 0 Å². The number of aryl methyl sites for hydroxylation is 1. The molecule has 2 nitrogen and oxygen atoms in total. The van der Waals surface area contributed by atoms with Gasteiger partial charge in [-0.3, -0.25) is 0 Å². The Bertz CT molecular complexity index is 516. The van der Waals surface area contributed by atoms with E-state index in [1.54, 1.807) is 7.11 Å². The van der Waals surface area contributed by atoms with Crippen molar-refractivity contribution in [2.45, 2.75) is 26.8 Å². The van der Waals surface area contributed by atoms with Gasteiger partial charge in [0, 0.05) is 18.8 Å². The minimum Gasteiger partial charge on any atom is -0.497 e. The van der Waals surface area contributed by atoms with Gasteiger partial charge < -0.3 is 9.64 Å². The topological polar surface area (TPSA) is 12.5 Å². The molecule has 106 valence electrons. The van der Waals surface area contributed by atoms with Crippen LogP contribution in [0.25, 0.3) is 0 Å². The van der Waals surface area contributed by atoms with E-state index in [9.17, 15) is 0 Å². The number of ether oxygens (including phenoxy) is 1. The van der Waals surface area contributed by atoms with Crippen molar-refractivity contribution in [1.29, 1.82) is 0 Å². The second-order valence-corrected chi connectivity index (χ2v) is 5.11. The van der Waals surface area contributed by atoms with Gasteiger partial charge in [-0.2, -0.15) is 0 Å². The van der Waals surface area contributed by atoms with Gasteiger partial charge in [0.05, 0.1) is 7.11 Å². The van der Waals surface area contributed by atoms with Gasteiger partial charge >= 0.3 is 0 Å². The summed E-state index contributed by atoms with van der Waals surface area (Å²) in [5, 5.41) is 0. The zero-order valence-corrected chi connectivity index (χ0v) is 12.6. The Morgan fingerprint density at radius 3 is 2.15 bits per heavy atom. The van der Waals surface area contributed by atoms with Gasteiger partial charge in [0.2, 0.25) is 0 Å². The molecule has 0 saturated heterocycles. The zero-order valence-electron chi connectivity index (χ0n) is 12.6. The number of rotatable bonds is 6. The number of anilines is 1. The first-order valence-corrected chi connectivity index (χ1v) is 7.17. The summed E-state index contributed by atoms with van der Waals surface area (Å²) >= 11 is 0. The lowest BCUT2D eigenvalue weighted by atomic mass is 10.1. The van der Waals surface area contributed by atoms with E-state index in [0.717, 1.165) is 25.3 Å². The maximum absolute atomic E-state index is 5.22. The van der Waals surface area contributed by atoms with Crippen LogP contribution in [0.4, 0.5) is 5.69 Å². The van der Waals surface area contributed by atoms with Gasteiger partial charge in [0.25, 0.3) is 0 Å². The average molecular weight is 269 g/mol. The van der Waals surface area contributed by atoms with Gasteiger partial charge in [-0.15, -0.1) is 0 Å². The third-order valence-corrected chi connectivity index (χ3v) is 3.43. The monoisotopic (exact) mass is 269 g/mol. The van der Waals surface area contributed by atoms with Crippen molar-refractivity contribution >= 4 is 5.69 Å². The molecular weight excluding hydrogens is 246 g/mol. The van der Waals surface area contributed by atoms with Gasteiger partial charge in [0.1, 0.15) is 5.75 Å². The molecule has 0 aliphatic heterocycles.